The van der Waals surface area contributed by atoms with Gasteiger partial charge in [0.2, 0.25) is 0 Å². The van der Waals surface area contributed by atoms with Crippen LogP contribution < -0.4 is 9.64 Å². The number of para-hydroxylation sites is 1. The maximum atomic E-state index is 13.9. The van der Waals surface area contributed by atoms with Crippen LogP contribution in [-0.2, 0) is 0 Å². The van der Waals surface area contributed by atoms with E-state index in [2.05, 4.69) is 0 Å². The molecule has 0 spiro atoms. The molecule has 0 radical (unpaired) electrons. The number of ether oxygens (including phenoxy) is 1. The minimum Gasteiger partial charge on any atom is -0.497 e. The first-order chi connectivity index (χ1) is 8.22. The van der Waals surface area contributed by atoms with E-state index < -0.39 is 0 Å². The fraction of sp³-hybridized carbons (Fsp3) is 0.143. The van der Waals surface area contributed by atoms with Crippen molar-refractivity contribution in [2.75, 3.05) is 19.1 Å². The van der Waals surface area contributed by atoms with Crippen molar-refractivity contribution in [3.05, 3.63) is 54.3 Å². The first-order valence-corrected chi connectivity index (χ1v) is 5.34. The Bertz CT molecular complexity index is 499. The van der Waals surface area contributed by atoms with Crippen LogP contribution in [0.25, 0.3) is 0 Å². The highest BCUT2D eigenvalue weighted by molar-refractivity contribution is 5.63. The zero-order valence-corrected chi connectivity index (χ0v) is 9.85. The molecule has 0 unspecified atom stereocenters. The van der Waals surface area contributed by atoms with Crippen molar-refractivity contribution in [3.8, 4) is 5.75 Å². The maximum absolute atomic E-state index is 13.9. The minimum atomic E-state index is -0.296. The monoisotopic (exact) mass is 231 g/mol. The Balaban J connectivity index is 2.34. The lowest BCUT2D eigenvalue weighted by molar-refractivity contribution is 0.411. The second-order valence-corrected chi connectivity index (χ2v) is 3.71. The van der Waals surface area contributed by atoms with Crippen LogP contribution in [0.2, 0.25) is 0 Å². The highest BCUT2D eigenvalue weighted by Crippen LogP contribution is 2.28. The molecule has 0 saturated carbocycles. The van der Waals surface area contributed by atoms with Crippen LogP contribution >= 0.6 is 0 Å². The summed E-state index contributed by atoms with van der Waals surface area (Å²) in [6.07, 6.45) is 0. The zero-order valence-electron chi connectivity index (χ0n) is 9.85. The van der Waals surface area contributed by atoms with Gasteiger partial charge in [-0.3, -0.25) is 0 Å². The average Bonchev–Trinajstić information content (AvgIpc) is 2.39. The van der Waals surface area contributed by atoms with Crippen molar-refractivity contribution in [3.63, 3.8) is 0 Å². The number of rotatable bonds is 3. The number of nitrogens with zero attached hydrogens (tertiary/aromatic N) is 1. The van der Waals surface area contributed by atoms with Gasteiger partial charge in [0.15, 0.2) is 5.82 Å². The van der Waals surface area contributed by atoms with Crippen LogP contribution in [0.15, 0.2) is 48.5 Å². The van der Waals surface area contributed by atoms with Crippen molar-refractivity contribution in [1.82, 2.24) is 0 Å². The van der Waals surface area contributed by atoms with Crippen LogP contribution in [0.4, 0.5) is 15.8 Å². The summed E-state index contributed by atoms with van der Waals surface area (Å²) in [7, 11) is 3.36. The molecule has 0 bridgehead atoms. The molecule has 3 heteroatoms. The van der Waals surface area contributed by atoms with Gasteiger partial charge in [0, 0.05) is 18.8 Å². The van der Waals surface area contributed by atoms with Crippen LogP contribution in [0.3, 0.4) is 0 Å². The molecule has 0 saturated heterocycles. The summed E-state index contributed by atoms with van der Waals surface area (Å²) < 4.78 is 18.8. The lowest BCUT2D eigenvalue weighted by Crippen LogP contribution is -2.10. The number of methoxy groups -OCH3 is 1. The lowest BCUT2D eigenvalue weighted by atomic mass is 10.2. The zero-order chi connectivity index (χ0) is 12.3. The number of hydrogen-bond donors (Lipinski definition) is 0. The minimum absolute atomic E-state index is 0.296. The molecule has 17 heavy (non-hydrogen) atoms. The van der Waals surface area contributed by atoms with Crippen LogP contribution in [0.5, 0.6) is 5.75 Å². The molecule has 0 amide bonds. The Kier molecular flexibility index (Phi) is 3.28. The standard InChI is InChI=1S/C14H14FNO/c1-16(11-6-4-3-5-7-11)14-9-8-12(17-2)10-13(14)15/h3-10H,1-2H3. The molecule has 2 aromatic rings. The van der Waals surface area contributed by atoms with Gasteiger partial charge in [-0.05, 0) is 24.3 Å². The third kappa shape index (κ3) is 2.38. The van der Waals surface area contributed by atoms with Gasteiger partial charge in [-0.15, -0.1) is 0 Å². The Morgan fingerprint density at radius 3 is 2.35 bits per heavy atom. The molecule has 2 rings (SSSR count). The number of halogens is 1. The van der Waals surface area contributed by atoms with Crippen molar-refractivity contribution >= 4 is 11.4 Å². The molecule has 2 aromatic carbocycles. The number of anilines is 2. The molecule has 0 aromatic heterocycles. The van der Waals surface area contributed by atoms with E-state index in [1.807, 2.05) is 37.4 Å². The summed E-state index contributed by atoms with van der Waals surface area (Å²) in [5.41, 5.74) is 1.47. The highest BCUT2D eigenvalue weighted by Gasteiger charge is 2.09. The molecule has 2 nitrogen and oxygen atoms in total. The molecular formula is C14H14FNO. The van der Waals surface area contributed by atoms with Gasteiger partial charge in [-0.1, -0.05) is 18.2 Å². The van der Waals surface area contributed by atoms with Gasteiger partial charge in [0.05, 0.1) is 12.8 Å². The SMILES string of the molecule is COc1ccc(N(C)c2ccccc2)c(F)c1. The van der Waals surface area contributed by atoms with Gasteiger partial charge < -0.3 is 9.64 Å². The van der Waals surface area contributed by atoms with E-state index in [4.69, 9.17) is 4.74 Å². The second kappa shape index (κ2) is 4.87. The van der Waals surface area contributed by atoms with E-state index >= 15 is 0 Å². The third-order valence-electron chi connectivity index (χ3n) is 2.66. The summed E-state index contributed by atoms with van der Waals surface area (Å²) >= 11 is 0. The summed E-state index contributed by atoms with van der Waals surface area (Å²) in [6, 6.07) is 14.5. The molecule has 0 heterocycles. The van der Waals surface area contributed by atoms with Gasteiger partial charge >= 0.3 is 0 Å². The third-order valence-corrected chi connectivity index (χ3v) is 2.66. The Morgan fingerprint density at radius 1 is 1.06 bits per heavy atom. The van der Waals surface area contributed by atoms with Gasteiger partial charge in [0.1, 0.15) is 5.75 Å². The van der Waals surface area contributed by atoms with Gasteiger partial charge in [-0.2, -0.15) is 0 Å². The van der Waals surface area contributed by atoms with E-state index in [0.29, 0.717) is 11.4 Å². The predicted molar refractivity (Wildman–Crippen MR) is 67.5 cm³/mol. The predicted octanol–water partition coefficient (Wildman–Crippen LogP) is 3.60. The molecule has 0 aliphatic rings. The largest absolute Gasteiger partial charge is 0.497 e. The van der Waals surface area contributed by atoms with Crippen molar-refractivity contribution in [2.24, 2.45) is 0 Å². The van der Waals surface area contributed by atoms with E-state index in [1.54, 1.807) is 17.0 Å². The summed E-state index contributed by atoms with van der Waals surface area (Å²) in [6.45, 7) is 0. The summed E-state index contributed by atoms with van der Waals surface area (Å²) in [5.74, 6) is 0.225. The van der Waals surface area contributed by atoms with Crippen LogP contribution in [-0.4, -0.2) is 14.2 Å². The van der Waals surface area contributed by atoms with Gasteiger partial charge in [0.25, 0.3) is 0 Å². The first kappa shape index (κ1) is 11.5. The Labute approximate surface area is 100 Å². The summed E-state index contributed by atoms with van der Waals surface area (Å²) in [4.78, 5) is 1.80. The second-order valence-electron chi connectivity index (χ2n) is 3.71. The van der Waals surface area contributed by atoms with E-state index in [0.717, 1.165) is 5.69 Å². The highest BCUT2D eigenvalue weighted by atomic mass is 19.1. The van der Waals surface area contributed by atoms with Crippen LogP contribution in [0, 0.1) is 5.82 Å². The summed E-state index contributed by atoms with van der Waals surface area (Å²) in [5, 5.41) is 0. The molecule has 0 fully saturated rings. The Hall–Kier alpha value is -2.03. The fourth-order valence-electron chi connectivity index (χ4n) is 1.68. The smallest absolute Gasteiger partial charge is 0.150 e. The molecule has 0 N–H and O–H groups in total. The van der Waals surface area contributed by atoms with Crippen molar-refractivity contribution in [1.29, 1.82) is 0 Å². The topological polar surface area (TPSA) is 12.5 Å². The van der Waals surface area contributed by atoms with E-state index in [1.165, 1.54) is 13.2 Å². The molecule has 88 valence electrons. The quantitative estimate of drug-likeness (QED) is 0.800. The van der Waals surface area contributed by atoms with Crippen LogP contribution in [0.1, 0.15) is 0 Å². The normalized spacial score (nSPS) is 10.1. The Morgan fingerprint density at radius 2 is 1.76 bits per heavy atom. The lowest BCUT2D eigenvalue weighted by Gasteiger charge is -2.20. The first-order valence-electron chi connectivity index (χ1n) is 5.34. The molecule has 0 atom stereocenters. The molecule has 0 aliphatic carbocycles. The van der Waals surface area contributed by atoms with E-state index in [9.17, 15) is 4.39 Å². The van der Waals surface area contributed by atoms with E-state index in [-0.39, 0.29) is 5.82 Å². The number of hydrogen-bond acceptors (Lipinski definition) is 2. The van der Waals surface area contributed by atoms with Gasteiger partial charge in [-0.25, -0.2) is 4.39 Å². The number of benzene rings is 2. The maximum Gasteiger partial charge on any atom is 0.150 e. The fourth-order valence-corrected chi connectivity index (χ4v) is 1.68. The van der Waals surface area contributed by atoms with Crippen molar-refractivity contribution < 1.29 is 9.13 Å². The van der Waals surface area contributed by atoms with Crippen molar-refractivity contribution in [2.45, 2.75) is 0 Å². The molecular weight excluding hydrogens is 217 g/mol. The average molecular weight is 231 g/mol. The molecule has 0 aliphatic heterocycles.